The van der Waals surface area contributed by atoms with Gasteiger partial charge in [0.1, 0.15) is 5.82 Å². The Morgan fingerprint density at radius 3 is 2.80 bits per heavy atom. The van der Waals surface area contributed by atoms with E-state index in [1.54, 1.807) is 0 Å². The Morgan fingerprint density at radius 2 is 2.12 bits per heavy atom. The maximum atomic E-state index is 4.62. The van der Waals surface area contributed by atoms with Crippen molar-refractivity contribution in [3.8, 4) is 0 Å². The highest BCUT2D eigenvalue weighted by Crippen LogP contribution is 2.56. The third-order valence-electron chi connectivity index (χ3n) is 6.99. The van der Waals surface area contributed by atoms with Crippen molar-refractivity contribution in [2.45, 2.75) is 64.5 Å². The van der Waals surface area contributed by atoms with Crippen LogP contribution in [-0.2, 0) is 13.6 Å². The fourth-order valence-corrected chi connectivity index (χ4v) is 5.39. The predicted molar refractivity (Wildman–Crippen MR) is 105 cm³/mol. The van der Waals surface area contributed by atoms with Gasteiger partial charge >= 0.3 is 0 Å². The van der Waals surface area contributed by atoms with Crippen LogP contribution < -0.4 is 5.32 Å². The van der Waals surface area contributed by atoms with Crippen LogP contribution in [0.2, 0.25) is 0 Å². The normalized spacial score (nSPS) is 31.1. The lowest BCUT2D eigenvalue weighted by atomic mass is 9.82. The fraction of sp³-hybridized carbons (Fsp3) is 0.850. The Morgan fingerprint density at radius 1 is 1.32 bits per heavy atom. The van der Waals surface area contributed by atoms with Crippen molar-refractivity contribution in [2.24, 2.45) is 24.3 Å². The Kier molecular flexibility index (Phi) is 6.12. The highest BCUT2D eigenvalue weighted by atomic mass is 35.5. The molecule has 2 aliphatic carbocycles. The van der Waals surface area contributed by atoms with Gasteiger partial charge in [-0.25, -0.2) is 4.98 Å². The molecule has 3 unspecified atom stereocenters. The van der Waals surface area contributed by atoms with Gasteiger partial charge in [0.05, 0.1) is 6.54 Å². The second-order valence-corrected chi connectivity index (χ2v) is 8.85. The van der Waals surface area contributed by atoms with Crippen molar-refractivity contribution in [3.05, 3.63) is 18.2 Å². The molecule has 3 fully saturated rings. The van der Waals surface area contributed by atoms with E-state index in [2.05, 4.69) is 39.9 Å². The third-order valence-corrected chi connectivity index (χ3v) is 6.99. The van der Waals surface area contributed by atoms with Gasteiger partial charge in [-0.05, 0) is 62.4 Å². The number of halogens is 1. The lowest BCUT2D eigenvalue weighted by Crippen LogP contribution is -2.39. The molecule has 3 atom stereocenters. The summed E-state index contributed by atoms with van der Waals surface area (Å²) in [4.78, 5) is 7.43. The molecule has 2 saturated carbocycles. The largest absolute Gasteiger partial charge is 0.337 e. The highest BCUT2D eigenvalue weighted by molar-refractivity contribution is 5.85. The Hall–Kier alpha value is -0.580. The van der Waals surface area contributed by atoms with Crippen LogP contribution in [0.4, 0.5) is 0 Å². The van der Waals surface area contributed by atoms with E-state index in [4.69, 9.17) is 0 Å². The second kappa shape index (κ2) is 7.98. The molecule has 0 aromatic carbocycles. The second-order valence-electron chi connectivity index (χ2n) is 8.85. The molecule has 1 aliphatic heterocycles. The zero-order chi connectivity index (χ0) is 16.6. The van der Waals surface area contributed by atoms with Crippen LogP contribution in [0.3, 0.4) is 0 Å². The zero-order valence-electron chi connectivity index (χ0n) is 15.9. The molecule has 4 rings (SSSR count). The highest BCUT2D eigenvalue weighted by Gasteiger charge is 2.56. The molecule has 25 heavy (non-hydrogen) atoms. The number of piperidine rings is 1. The summed E-state index contributed by atoms with van der Waals surface area (Å²) in [5, 5.41) is 3.55. The SMILES string of the molecule is CC1CCCC(CN(Cc2nccn2C)C2CC23CCNCC3)C1.Cl. The van der Waals surface area contributed by atoms with Crippen LogP contribution in [0.25, 0.3) is 0 Å². The molecule has 1 saturated heterocycles. The topological polar surface area (TPSA) is 33.1 Å². The molecule has 0 radical (unpaired) electrons. The predicted octanol–water partition coefficient (Wildman–Crippen LogP) is 3.61. The quantitative estimate of drug-likeness (QED) is 0.864. The summed E-state index contributed by atoms with van der Waals surface area (Å²) in [5.74, 6) is 3.05. The standard InChI is InChI=1S/C20H34N4.ClH/c1-16-4-3-5-17(12-16)14-24(15-19-22-10-11-23(19)2)18-13-20(18)6-8-21-9-7-20;/h10-11,16-18,21H,3-9,12-15H2,1-2H3;1H. The first-order valence-corrected chi connectivity index (χ1v) is 10.1. The minimum Gasteiger partial charge on any atom is -0.337 e. The number of aryl methyl sites for hydroxylation is 1. The summed E-state index contributed by atoms with van der Waals surface area (Å²) in [6.45, 7) is 7.20. The first kappa shape index (κ1) is 19.2. The van der Waals surface area contributed by atoms with Gasteiger partial charge in [-0.1, -0.05) is 19.8 Å². The van der Waals surface area contributed by atoms with Gasteiger partial charge in [0.15, 0.2) is 0 Å². The Balaban J connectivity index is 0.00000182. The molecule has 1 spiro atoms. The molecule has 2 heterocycles. The Bertz CT molecular complexity index is 552. The molecule has 1 aromatic rings. The van der Waals surface area contributed by atoms with Gasteiger partial charge in [0, 0.05) is 32.0 Å². The molecule has 1 N–H and O–H groups in total. The van der Waals surface area contributed by atoms with Gasteiger partial charge in [0.2, 0.25) is 0 Å². The summed E-state index contributed by atoms with van der Waals surface area (Å²) in [5.41, 5.74) is 0.622. The van der Waals surface area contributed by atoms with E-state index < -0.39 is 0 Å². The molecule has 3 aliphatic rings. The van der Waals surface area contributed by atoms with Crippen LogP contribution in [0.1, 0.15) is 57.7 Å². The van der Waals surface area contributed by atoms with Gasteiger partial charge in [-0.2, -0.15) is 0 Å². The lowest BCUT2D eigenvalue weighted by Gasteiger charge is -2.34. The molecule has 4 nitrogen and oxygen atoms in total. The molecule has 5 heteroatoms. The van der Waals surface area contributed by atoms with Crippen LogP contribution in [0.15, 0.2) is 12.4 Å². The summed E-state index contributed by atoms with van der Waals surface area (Å²) < 4.78 is 2.20. The van der Waals surface area contributed by atoms with Gasteiger partial charge < -0.3 is 9.88 Å². The van der Waals surface area contributed by atoms with E-state index in [0.717, 1.165) is 24.4 Å². The van der Waals surface area contributed by atoms with Crippen LogP contribution >= 0.6 is 12.4 Å². The van der Waals surface area contributed by atoms with Crippen molar-refractivity contribution in [2.75, 3.05) is 19.6 Å². The van der Waals surface area contributed by atoms with Gasteiger partial charge in [-0.15, -0.1) is 12.4 Å². The molecule has 142 valence electrons. The summed E-state index contributed by atoms with van der Waals surface area (Å²) in [7, 11) is 2.14. The lowest BCUT2D eigenvalue weighted by molar-refractivity contribution is 0.137. The maximum Gasteiger partial charge on any atom is 0.122 e. The number of nitrogens with zero attached hydrogens (tertiary/aromatic N) is 3. The number of rotatable bonds is 5. The van der Waals surface area contributed by atoms with E-state index in [-0.39, 0.29) is 12.4 Å². The summed E-state index contributed by atoms with van der Waals surface area (Å²) >= 11 is 0. The molecule has 1 aromatic heterocycles. The smallest absolute Gasteiger partial charge is 0.122 e. The summed E-state index contributed by atoms with van der Waals surface area (Å²) in [6.07, 6.45) is 13.9. The number of nitrogens with one attached hydrogen (secondary N) is 1. The number of hydrogen-bond acceptors (Lipinski definition) is 3. The minimum absolute atomic E-state index is 0. The van der Waals surface area contributed by atoms with E-state index in [9.17, 15) is 0 Å². The van der Waals surface area contributed by atoms with Gasteiger partial charge in [0.25, 0.3) is 0 Å². The van der Waals surface area contributed by atoms with Crippen molar-refractivity contribution >= 4 is 12.4 Å². The molecule has 0 amide bonds. The van der Waals surface area contributed by atoms with Crippen molar-refractivity contribution < 1.29 is 0 Å². The Labute approximate surface area is 159 Å². The van der Waals surface area contributed by atoms with Crippen molar-refractivity contribution in [3.63, 3.8) is 0 Å². The summed E-state index contributed by atoms with van der Waals surface area (Å²) in [6, 6.07) is 0.800. The molecular weight excluding hydrogens is 332 g/mol. The minimum atomic E-state index is 0. The number of aromatic nitrogens is 2. The van der Waals surface area contributed by atoms with E-state index in [1.807, 2.05) is 6.20 Å². The van der Waals surface area contributed by atoms with Crippen molar-refractivity contribution in [1.82, 2.24) is 19.8 Å². The average molecular weight is 367 g/mol. The van der Waals surface area contributed by atoms with Gasteiger partial charge in [-0.3, -0.25) is 4.90 Å². The first-order chi connectivity index (χ1) is 11.7. The van der Waals surface area contributed by atoms with Crippen LogP contribution in [0, 0.1) is 17.3 Å². The van der Waals surface area contributed by atoms with E-state index >= 15 is 0 Å². The fourth-order valence-electron chi connectivity index (χ4n) is 5.39. The first-order valence-electron chi connectivity index (χ1n) is 10.1. The van der Waals surface area contributed by atoms with Crippen LogP contribution in [0.5, 0.6) is 0 Å². The number of hydrogen-bond donors (Lipinski definition) is 1. The number of imidazole rings is 1. The molecule has 0 bridgehead atoms. The van der Waals surface area contributed by atoms with E-state index in [0.29, 0.717) is 5.41 Å². The van der Waals surface area contributed by atoms with Crippen LogP contribution in [-0.4, -0.2) is 40.1 Å². The van der Waals surface area contributed by atoms with Crippen molar-refractivity contribution in [1.29, 1.82) is 0 Å². The van der Waals surface area contributed by atoms with E-state index in [1.165, 1.54) is 70.4 Å². The monoisotopic (exact) mass is 366 g/mol. The molecular formula is C20H35ClN4. The third kappa shape index (κ3) is 4.23. The maximum absolute atomic E-state index is 4.62. The zero-order valence-corrected chi connectivity index (χ0v) is 16.7. The average Bonchev–Trinajstić information content (AvgIpc) is 3.10.